The quantitative estimate of drug-likeness (QED) is 0.337. The zero-order valence-corrected chi connectivity index (χ0v) is 20.6. The number of rotatable bonds is 6. The predicted octanol–water partition coefficient (Wildman–Crippen LogP) is 3.02. The summed E-state index contributed by atoms with van der Waals surface area (Å²) in [5.74, 6) is 0.758. The van der Waals surface area contributed by atoms with E-state index in [4.69, 9.17) is 0 Å². The smallest absolute Gasteiger partial charge is 0.194 e. The standard InChI is InChI=1S/C16H29BrN4O2S.HI/c1-7-18-15(19-8-9-24(22,23)16(2,3)4)21(6)12-14-10-13(17)11-20(14)5;/h10-11H,7-9,12H2,1-6H3,(H,18,19);1H. The van der Waals surface area contributed by atoms with Gasteiger partial charge < -0.3 is 14.8 Å². The lowest BCUT2D eigenvalue weighted by molar-refractivity contribution is 0.462. The van der Waals surface area contributed by atoms with Gasteiger partial charge in [-0.3, -0.25) is 4.99 Å². The Morgan fingerprint density at radius 3 is 2.44 bits per heavy atom. The van der Waals surface area contributed by atoms with Gasteiger partial charge in [-0.25, -0.2) is 8.42 Å². The maximum absolute atomic E-state index is 12.2. The van der Waals surface area contributed by atoms with Crippen molar-refractivity contribution >= 4 is 55.7 Å². The molecule has 0 aliphatic rings. The number of nitrogens with zero attached hydrogens (tertiary/aromatic N) is 3. The van der Waals surface area contributed by atoms with Crippen LogP contribution < -0.4 is 5.32 Å². The molecule has 6 nitrogen and oxygen atoms in total. The van der Waals surface area contributed by atoms with Gasteiger partial charge in [0, 0.05) is 37.0 Å². The molecule has 0 saturated heterocycles. The summed E-state index contributed by atoms with van der Waals surface area (Å²) in [5.41, 5.74) is 1.14. The Bertz CT molecular complexity index is 681. The van der Waals surface area contributed by atoms with Crippen LogP contribution in [0, 0.1) is 0 Å². The number of guanidine groups is 1. The lowest BCUT2D eigenvalue weighted by atomic mass is 10.3. The molecule has 25 heavy (non-hydrogen) atoms. The summed E-state index contributed by atoms with van der Waals surface area (Å²) in [6, 6.07) is 2.06. The maximum atomic E-state index is 12.2. The first kappa shape index (κ1) is 24.7. The van der Waals surface area contributed by atoms with E-state index < -0.39 is 14.6 Å². The first-order chi connectivity index (χ1) is 11.0. The summed E-state index contributed by atoms with van der Waals surface area (Å²) in [6.45, 7) is 8.81. The maximum Gasteiger partial charge on any atom is 0.194 e. The van der Waals surface area contributed by atoms with Crippen molar-refractivity contribution in [3.63, 3.8) is 0 Å². The van der Waals surface area contributed by atoms with Gasteiger partial charge >= 0.3 is 0 Å². The summed E-state index contributed by atoms with van der Waals surface area (Å²) < 4.78 is 26.7. The number of halogens is 2. The van der Waals surface area contributed by atoms with Gasteiger partial charge in [0.25, 0.3) is 0 Å². The van der Waals surface area contributed by atoms with Crippen LogP contribution in [0.15, 0.2) is 21.7 Å². The Hall–Kier alpha value is -0.290. The molecule has 0 atom stereocenters. The van der Waals surface area contributed by atoms with Crippen molar-refractivity contribution < 1.29 is 8.42 Å². The van der Waals surface area contributed by atoms with Crippen LogP contribution in [0.2, 0.25) is 0 Å². The first-order valence-corrected chi connectivity index (χ1v) is 10.4. The number of sulfone groups is 1. The number of hydrogen-bond donors (Lipinski definition) is 1. The van der Waals surface area contributed by atoms with E-state index in [0.29, 0.717) is 12.5 Å². The van der Waals surface area contributed by atoms with Crippen LogP contribution in [0.5, 0.6) is 0 Å². The van der Waals surface area contributed by atoms with E-state index in [1.807, 2.05) is 36.7 Å². The highest BCUT2D eigenvalue weighted by molar-refractivity contribution is 14.0. The van der Waals surface area contributed by atoms with Gasteiger partial charge in [-0.05, 0) is 49.7 Å². The Kier molecular flexibility index (Phi) is 10.0. The van der Waals surface area contributed by atoms with E-state index in [9.17, 15) is 8.42 Å². The third kappa shape index (κ3) is 7.46. The summed E-state index contributed by atoms with van der Waals surface area (Å²) in [4.78, 5) is 6.47. The minimum Gasteiger partial charge on any atom is -0.357 e. The Morgan fingerprint density at radius 1 is 1.40 bits per heavy atom. The van der Waals surface area contributed by atoms with Gasteiger partial charge in [-0.2, -0.15) is 0 Å². The summed E-state index contributed by atoms with van der Waals surface area (Å²) in [7, 11) is 0.779. The van der Waals surface area contributed by atoms with Gasteiger partial charge in [0.1, 0.15) is 0 Å². The topological polar surface area (TPSA) is 66.7 Å². The van der Waals surface area contributed by atoms with Crippen molar-refractivity contribution in [2.75, 3.05) is 25.9 Å². The molecule has 0 fully saturated rings. The second-order valence-corrected chi connectivity index (χ2v) is 10.6. The number of aliphatic imine (C=N–C) groups is 1. The van der Waals surface area contributed by atoms with E-state index >= 15 is 0 Å². The molecular formula is C16H30BrIN4O2S. The molecule has 0 aromatic carbocycles. The molecule has 0 bridgehead atoms. The molecule has 9 heteroatoms. The summed E-state index contributed by atoms with van der Waals surface area (Å²) in [6.07, 6.45) is 2.00. The van der Waals surface area contributed by atoms with Crippen molar-refractivity contribution in [1.29, 1.82) is 0 Å². The molecular weight excluding hydrogens is 519 g/mol. The fraction of sp³-hybridized carbons (Fsp3) is 0.688. The van der Waals surface area contributed by atoms with Gasteiger partial charge in [-0.15, -0.1) is 24.0 Å². The van der Waals surface area contributed by atoms with Crippen molar-refractivity contribution in [2.24, 2.45) is 12.0 Å². The molecule has 1 aromatic rings. The fourth-order valence-corrected chi connectivity index (χ4v) is 3.60. The molecule has 0 aliphatic heterocycles. The van der Waals surface area contributed by atoms with Gasteiger partial charge in [0.2, 0.25) is 0 Å². The average Bonchev–Trinajstić information content (AvgIpc) is 2.74. The highest BCUT2D eigenvalue weighted by atomic mass is 127. The van der Waals surface area contributed by atoms with Crippen LogP contribution in [-0.4, -0.2) is 54.5 Å². The van der Waals surface area contributed by atoms with Crippen LogP contribution >= 0.6 is 39.9 Å². The largest absolute Gasteiger partial charge is 0.357 e. The third-order valence-corrected chi connectivity index (χ3v) is 6.74. The summed E-state index contributed by atoms with van der Waals surface area (Å²) >= 11 is 3.47. The Morgan fingerprint density at radius 2 is 2.00 bits per heavy atom. The SMILES string of the molecule is CCNC(=NCCS(=O)(=O)C(C)(C)C)N(C)Cc1cc(Br)cn1C.I. The summed E-state index contributed by atoms with van der Waals surface area (Å²) in [5, 5.41) is 3.21. The number of aryl methyl sites for hydroxylation is 1. The zero-order chi connectivity index (χ0) is 18.5. The predicted molar refractivity (Wildman–Crippen MR) is 120 cm³/mol. The van der Waals surface area contributed by atoms with Crippen molar-refractivity contribution in [3.8, 4) is 0 Å². The highest BCUT2D eigenvalue weighted by Crippen LogP contribution is 2.16. The van der Waals surface area contributed by atoms with Crippen LogP contribution in [-0.2, 0) is 23.4 Å². The lowest BCUT2D eigenvalue weighted by Crippen LogP contribution is -2.39. The van der Waals surface area contributed by atoms with E-state index in [-0.39, 0.29) is 36.3 Å². The second-order valence-electron chi connectivity index (χ2n) is 6.78. The molecule has 146 valence electrons. The number of nitrogens with one attached hydrogen (secondary N) is 1. The fourth-order valence-electron chi connectivity index (χ4n) is 2.09. The molecule has 1 N–H and O–H groups in total. The molecule has 0 spiro atoms. The van der Waals surface area contributed by atoms with Crippen LogP contribution in [0.3, 0.4) is 0 Å². The van der Waals surface area contributed by atoms with E-state index in [1.165, 1.54) is 0 Å². The monoisotopic (exact) mass is 548 g/mol. The molecule has 1 aromatic heterocycles. The van der Waals surface area contributed by atoms with E-state index in [0.717, 1.165) is 16.7 Å². The minimum absolute atomic E-state index is 0. The minimum atomic E-state index is -3.16. The third-order valence-electron chi connectivity index (χ3n) is 3.72. The Balaban J connectivity index is 0.00000576. The van der Waals surface area contributed by atoms with Gasteiger partial charge in [0.15, 0.2) is 15.8 Å². The zero-order valence-electron chi connectivity index (χ0n) is 15.8. The number of aromatic nitrogens is 1. The van der Waals surface area contributed by atoms with Crippen LogP contribution in [0.1, 0.15) is 33.4 Å². The lowest BCUT2D eigenvalue weighted by Gasteiger charge is -2.23. The second kappa shape index (κ2) is 10.1. The number of hydrogen-bond acceptors (Lipinski definition) is 3. The Labute approximate surface area is 177 Å². The molecule has 0 unspecified atom stereocenters. The van der Waals surface area contributed by atoms with Gasteiger partial charge in [-0.1, -0.05) is 0 Å². The highest BCUT2D eigenvalue weighted by Gasteiger charge is 2.28. The van der Waals surface area contributed by atoms with Crippen molar-refractivity contribution in [3.05, 3.63) is 22.4 Å². The molecule has 0 saturated carbocycles. The van der Waals surface area contributed by atoms with Crippen molar-refractivity contribution in [1.82, 2.24) is 14.8 Å². The first-order valence-electron chi connectivity index (χ1n) is 8.00. The van der Waals surface area contributed by atoms with Crippen LogP contribution in [0.4, 0.5) is 0 Å². The normalized spacial score (nSPS) is 12.7. The van der Waals surface area contributed by atoms with E-state index in [2.05, 4.69) is 32.3 Å². The van der Waals surface area contributed by atoms with E-state index in [1.54, 1.807) is 20.8 Å². The molecule has 0 radical (unpaired) electrons. The van der Waals surface area contributed by atoms with Crippen molar-refractivity contribution in [2.45, 2.75) is 39.0 Å². The molecule has 0 amide bonds. The molecule has 1 heterocycles. The van der Waals surface area contributed by atoms with Crippen LogP contribution in [0.25, 0.3) is 0 Å². The molecule has 1 rings (SSSR count). The van der Waals surface area contributed by atoms with Gasteiger partial charge in [0.05, 0.1) is 23.6 Å². The molecule has 0 aliphatic carbocycles. The average molecular weight is 549 g/mol.